The van der Waals surface area contributed by atoms with E-state index in [4.69, 9.17) is 0 Å². The van der Waals surface area contributed by atoms with Crippen molar-refractivity contribution in [1.82, 2.24) is 4.90 Å². The average Bonchev–Trinajstić information content (AvgIpc) is 2.56. The van der Waals surface area contributed by atoms with Crippen LogP contribution in [0.5, 0.6) is 0 Å². The highest BCUT2D eigenvalue weighted by molar-refractivity contribution is 9.09. The van der Waals surface area contributed by atoms with Crippen molar-refractivity contribution in [2.24, 2.45) is 5.92 Å². The molecule has 0 aromatic heterocycles. The summed E-state index contributed by atoms with van der Waals surface area (Å²) >= 11 is 3.44. The Morgan fingerprint density at radius 2 is 2.07 bits per heavy atom. The van der Waals surface area contributed by atoms with E-state index in [2.05, 4.69) is 20.8 Å². The molecular weight excluding hydrogens is 254 g/mol. The molecule has 1 aliphatic heterocycles. The summed E-state index contributed by atoms with van der Waals surface area (Å²) in [6.07, 6.45) is 8.36. The molecule has 1 heterocycles. The SMILES string of the molecule is O=C1CC2CCCCC2N1CCCCBr. The first-order valence-corrected chi connectivity index (χ1v) is 7.30. The molecule has 2 aliphatic rings. The number of halogens is 1. The van der Waals surface area contributed by atoms with Crippen molar-refractivity contribution < 1.29 is 4.79 Å². The number of hydrogen-bond acceptors (Lipinski definition) is 1. The minimum absolute atomic E-state index is 0.418. The van der Waals surface area contributed by atoms with Crippen molar-refractivity contribution in [3.63, 3.8) is 0 Å². The number of likely N-dealkylation sites (tertiary alicyclic amines) is 1. The van der Waals surface area contributed by atoms with E-state index in [1.807, 2.05) is 0 Å². The number of unbranched alkanes of at least 4 members (excludes halogenated alkanes) is 1. The van der Waals surface area contributed by atoms with Gasteiger partial charge in [0.25, 0.3) is 0 Å². The molecule has 2 atom stereocenters. The molecule has 2 unspecified atom stereocenters. The Kier molecular flexibility index (Phi) is 4.06. The van der Waals surface area contributed by atoms with Crippen molar-refractivity contribution in [2.45, 2.75) is 51.0 Å². The molecule has 0 aromatic carbocycles. The maximum Gasteiger partial charge on any atom is 0.223 e. The number of rotatable bonds is 4. The zero-order chi connectivity index (χ0) is 10.7. The van der Waals surface area contributed by atoms with Crippen LogP contribution >= 0.6 is 15.9 Å². The Balaban J connectivity index is 1.88. The highest BCUT2D eigenvalue weighted by Crippen LogP contribution is 2.36. The zero-order valence-electron chi connectivity index (χ0n) is 9.25. The summed E-state index contributed by atoms with van der Waals surface area (Å²) < 4.78 is 0. The van der Waals surface area contributed by atoms with Gasteiger partial charge in [0, 0.05) is 24.3 Å². The topological polar surface area (TPSA) is 20.3 Å². The van der Waals surface area contributed by atoms with Gasteiger partial charge in [0.1, 0.15) is 0 Å². The van der Waals surface area contributed by atoms with Crippen LogP contribution in [0.25, 0.3) is 0 Å². The molecule has 0 radical (unpaired) electrons. The summed E-state index contributed by atoms with van der Waals surface area (Å²) in [5.74, 6) is 1.11. The van der Waals surface area contributed by atoms with E-state index in [1.165, 1.54) is 32.1 Å². The first-order chi connectivity index (χ1) is 7.33. The summed E-state index contributed by atoms with van der Waals surface area (Å²) in [4.78, 5) is 14.0. The van der Waals surface area contributed by atoms with Crippen molar-refractivity contribution in [3.8, 4) is 0 Å². The zero-order valence-corrected chi connectivity index (χ0v) is 10.8. The van der Waals surface area contributed by atoms with E-state index in [-0.39, 0.29) is 0 Å². The molecule has 1 saturated carbocycles. The van der Waals surface area contributed by atoms with Crippen molar-refractivity contribution in [1.29, 1.82) is 0 Å². The molecule has 1 aliphatic carbocycles. The second-order valence-electron chi connectivity index (χ2n) is 4.80. The van der Waals surface area contributed by atoms with Crippen LogP contribution in [0.3, 0.4) is 0 Å². The molecule has 1 amide bonds. The maximum atomic E-state index is 11.8. The summed E-state index contributed by atoms with van der Waals surface area (Å²) in [7, 11) is 0. The first kappa shape index (κ1) is 11.4. The van der Waals surface area contributed by atoms with E-state index < -0.39 is 0 Å². The largest absolute Gasteiger partial charge is 0.339 e. The lowest BCUT2D eigenvalue weighted by molar-refractivity contribution is -0.129. The Morgan fingerprint density at radius 3 is 2.87 bits per heavy atom. The first-order valence-electron chi connectivity index (χ1n) is 6.18. The number of carbonyl (C=O) groups excluding carboxylic acids is 1. The number of nitrogens with zero attached hydrogens (tertiary/aromatic N) is 1. The number of fused-ring (bicyclic) bond motifs is 1. The minimum atomic E-state index is 0.418. The summed E-state index contributed by atoms with van der Waals surface area (Å²) in [5.41, 5.74) is 0. The smallest absolute Gasteiger partial charge is 0.223 e. The monoisotopic (exact) mass is 273 g/mol. The number of amides is 1. The van der Waals surface area contributed by atoms with Gasteiger partial charge in [-0.25, -0.2) is 0 Å². The van der Waals surface area contributed by atoms with E-state index in [0.29, 0.717) is 17.9 Å². The van der Waals surface area contributed by atoms with Gasteiger partial charge in [0.05, 0.1) is 0 Å². The Morgan fingerprint density at radius 1 is 1.27 bits per heavy atom. The minimum Gasteiger partial charge on any atom is -0.339 e. The van der Waals surface area contributed by atoms with Crippen molar-refractivity contribution in [3.05, 3.63) is 0 Å². The standard InChI is InChI=1S/C12H20BrNO/c13-7-3-4-8-14-11-6-2-1-5-10(11)9-12(14)15/h10-11H,1-9H2. The average molecular weight is 274 g/mol. The fourth-order valence-corrected chi connectivity index (χ4v) is 3.43. The second-order valence-corrected chi connectivity index (χ2v) is 5.59. The van der Waals surface area contributed by atoms with Gasteiger partial charge in [-0.1, -0.05) is 28.8 Å². The molecule has 1 saturated heterocycles. The molecule has 0 bridgehead atoms. The van der Waals surface area contributed by atoms with Crippen molar-refractivity contribution >= 4 is 21.8 Å². The fraction of sp³-hybridized carbons (Fsp3) is 0.917. The van der Waals surface area contributed by atoms with Gasteiger partial charge in [0.2, 0.25) is 5.91 Å². The maximum absolute atomic E-state index is 11.8. The lowest BCUT2D eigenvalue weighted by atomic mass is 9.85. The highest BCUT2D eigenvalue weighted by Gasteiger charge is 2.39. The Hall–Kier alpha value is -0.0500. The molecule has 2 fully saturated rings. The van der Waals surface area contributed by atoms with Crippen LogP contribution in [0.15, 0.2) is 0 Å². The third-order valence-corrected chi connectivity index (χ3v) is 4.37. The van der Waals surface area contributed by atoms with Crippen LogP contribution in [0, 0.1) is 5.92 Å². The van der Waals surface area contributed by atoms with Gasteiger partial charge < -0.3 is 4.90 Å². The molecule has 0 N–H and O–H groups in total. The Labute approximate surface area is 101 Å². The molecule has 86 valence electrons. The van der Waals surface area contributed by atoms with Gasteiger partial charge in [-0.05, 0) is 31.6 Å². The quantitative estimate of drug-likeness (QED) is 0.570. The predicted molar refractivity (Wildman–Crippen MR) is 65.1 cm³/mol. The van der Waals surface area contributed by atoms with Crippen LogP contribution in [0.4, 0.5) is 0 Å². The highest BCUT2D eigenvalue weighted by atomic mass is 79.9. The predicted octanol–water partition coefficient (Wildman–Crippen LogP) is 2.95. The second kappa shape index (κ2) is 5.33. The van der Waals surface area contributed by atoms with Gasteiger partial charge >= 0.3 is 0 Å². The molecule has 2 rings (SSSR count). The van der Waals surface area contributed by atoms with Crippen LogP contribution in [-0.2, 0) is 4.79 Å². The van der Waals surface area contributed by atoms with Crippen LogP contribution in [-0.4, -0.2) is 28.7 Å². The molecule has 15 heavy (non-hydrogen) atoms. The van der Waals surface area contributed by atoms with E-state index in [0.717, 1.165) is 24.7 Å². The van der Waals surface area contributed by atoms with Gasteiger partial charge in [-0.2, -0.15) is 0 Å². The van der Waals surface area contributed by atoms with Crippen molar-refractivity contribution in [2.75, 3.05) is 11.9 Å². The summed E-state index contributed by atoms with van der Waals surface area (Å²) in [6.45, 7) is 0.992. The molecule has 3 heteroatoms. The van der Waals surface area contributed by atoms with Crippen LogP contribution in [0.2, 0.25) is 0 Å². The molecule has 0 aromatic rings. The van der Waals surface area contributed by atoms with E-state index in [1.54, 1.807) is 0 Å². The summed E-state index contributed by atoms with van der Waals surface area (Å²) in [6, 6.07) is 0.599. The molecule has 2 nitrogen and oxygen atoms in total. The lowest BCUT2D eigenvalue weighted by Crippen LogP contribution is -2.37. The van der Waals surface area contributed by atoms with Crippen LogP contribution in [0.1, 0.15) is 44.9 Å². The summed E-state index contributed by atoms with van der Waals surface area (Å²) in [5, 5.41) is 1.06. The Bertz CT molecular complexity index is 232. The van der Waals surface area contributed by atoms with Gasteiger partial charge in [-0.15, -0.1) is 0 Å². The third-order valence-electron chi connectivity index (χ3n) is 3.81. The normalized spacial score (nSPS) is 30.7. The van der Waals surface area contributed by atoms with Gasteiger partial charge in [0.15, 0.2) is 0 Å². The van der Waals surface area contributed by atoms with Gasteiger partial charge in [-0.3, -0.25) is 4.79 Å². The number of carbonyl (C=O) groups is 1. The molecular formula is C12H20BrNO. The molecule has 0 spiro atoms. The fourth-order valence-electron chi connectivity index (χ4n) is 3.03. The van der Waals surface area contributed by atoms with E-state index in [9.17, 15) is 4.79 Å². The third kappa shape index (κ3) is 2.55. The number of alkyl halides is 1. The van der Waals surface area contributed by atoms with Crippen LogP contribution < -0.4 is 0 Å². The van der Waals surface area contributed by atoms with E-state index >= 15 is 0 Å². The lowest BCUT2D eigenvalue weighted by Gasteiger charge is -2.31. The number of hydrogen-bond donors (Lipinski definition) is 0.